The van der Waals surface area contributed by atoms with Gasteiger partial charge in [0.2, 0.25) is 5.91 Å². The van der Waals surface area contributed by atoms with Crippen LogP contribution in [-0.4, -0.2) is 17.9 Å². The van der Waals surface area contributed by atoms with Crippen molar-refractivity contribution < 1.29 is 22.8 Å². The summed E-state index contributed by atoms with van der Waals surface area (Å²) in [6, 6.07) is 12.1. The highest BCUT2D eigenvalue weighted by atomic mass is 19.4. The molecule has 0 aliphatic carbocycles. The molecule has 0 fully saturated rings. The minimum absolute atomic E-state index is 0.0105. The third kappa shape index (κ3) is 5.47. The quantitative estimate of drug-likeness (QED) is 0.827. The van der Waals surface area contributed by atoms with Crippen LogP contribution in [0.15, 0.2) is 60.7 Å². The van der Waals surface area contributed by atoms with Crippen LogP contribution in [0.4, 0.5) is 13.2 Å². The van der Waals surface area contributed by atoms with Crippen molar-refractivity contribution in [2.24, 2.45) is 5.73 Å². The van der Waals surface area contributed by atoms with Gasteiger partial charge in [0, 0.05) is 5.56 Å². The zero-order chi connectivity index (χ0) is 19.2. The Labute approximate surface area is 148 Å². The van der Waals surface area contributed by atoms with E-state index in [9.17, 15) is 22.8 Å². The highest BCUT2D eigenvalue weighted by Crippen LogP contribution is 2.29. The second-order valence-corrected chi connectivity index (χ2v) is 5.55. The number of carbonyl (C=O) groups is 2. The smallest absolute Gasteiger partial charge is 0.368 e. The monoisotopic (exact) mass is 362 g/mol. The molecule has 0 aliphatic rings. The largest absolute Gasteiger partial charge is 0.416 e. The summed E-state index contributed by atoms with van der Waals surface area (Å²) < 4.78 is 37.6. The van der Waals surface area contributed by atoms with Crippen LogP contribution in [0.25, 0.3) is 6.08 Å². The number of benzene rings is 2. The maximum atomic E-state index is 12.5. The van der Waals surface area contributed by atoms with Crippen molar-refractivity contribution in [1.82, 2.24) is 5.32 Å². The number of carbonyl (C=O) groups excluding carboxylic acids is 2. The predicted molar refractivity (Wildman–Crippen MR) is 92.0 cm³/mol. The normalized spacial score (nSPS) is 12.7. The number of rotatable bonds is 6. The molecule has 136 valence electrons. The molecule has 0 radical (unpaired) electrons. The van der Waals surface area contributed by atoms with Crippen molar-refractivity contribution in [1.29, 1.82) is 0 Å². The summed E-state index contributed by atoms with van der Waals surface area (Å²) in [4.78, 5) is 23.6. The molecule has 1 atom stereocenters. The van der Waals surface area contributed by atoms with E-state index in [1.165, 1.54) is 0 Å². The third-order valence-electron chi connectivity index (χ3n) is 3.60. The Kier molecular flexibility index (Phi) is 6.16. The number of primary amides is 1. The van der Waals surface area contributed by atoms with Gasteiger partial charge in [-0.05, 0) is 36.2 Å². The Morgan fingerprint density at radius 2 is 1.65 bits per heavy atom. The van der Waals surface area contributed by atoms with Crippen LogP contribution in [0, 0.1) is 0 Å². The number of hydrogen-bond acceptors (Lipinski definition) is 2. The van der Waals surface area contributed by atoms with Crippen LogP contribution in [0.3, 0.4) is 0 Å². The van der Waals surface area contributed by atoms with Crippen LogP contribution in [0.1, 0.15) is 27.9 Å². The van der Waals surface area contributed by atoms with Gasteiger partial charge in [0.25, 0.3) is 5.91 Å². The standard InChI is InChI=1S/C19H17F3N2O2/c20-19(21,22)15-11-9-14(10-12-15)18(26)24-16(17(23)25)8-4-7-13-5-2-1-3-6-13/h1-7,9-12,16H,8H2,(H2,23,25)(H,24,26)/b7-4+/t16-/m0/s1. The van der Waals surface area contributed by atoms with Crippen LogP contribution in [0.5, 0.6) is 0 Å². The average molecular weight is 362 g/mol. The lowest BCUT2D eigenvalue weighted by Gasteiger charge is -2.14. The van der Waals surface area contributed by atoms with Crippen molar-refractivity contribution in [2.75, 3.05) is 0 Å². The van der Waals surface area contributed by atoms with E-state index >= 15 is 0 Å². The van der Waals surface area contributed by atoms with Crippen LogP contribution in [-0.2, 0) is 11.0 Å². The lowest BCUT2D eigenvalue weighted by Crippen LogP contribution is -2.44. The summed E-state index contributed by atoms with van der Waals surface area (Å²) in [5.41, 5.74) is 5.36. The van der Waals surface area contributed by atoms with Crippen LogP contribution >= 0.6 is 0 Å². The zero-order valence-corrected chi connectivity index (χ0v) is 13.7. The molecule has 2 amide bonds. The van der Waals surface area contributed by atoms with E-state index in [1.54, 1.807) is 12.2 Å². The molecule has 0 aromatic heterocycles. The summed E-state index contributed by atoms with van der Waals surface area (Å²) >= 11 is 0. The fourth-order valence-corrected chi connectivity index (χ4v) is 2.20. The molecule has 0 saturated carbocycles. The van der Waals surface area contributed by atoms with Crippen molar-refractivity contribution in [3.8, 4) is 0 Å². The molecule has 0 aliphatic heterocycles. The summed E-state index contributed by atoms with van der Waals surface area (Å²) in [5, 5.41) is 2.43. The second-order valence-electron chi connectivity index (χ2n) is 5.55. The number of nitrogens with one attached hydrogen (secondary N) is 1. The Hall–Kier alpha value is -3.09. The zero-order valence-electron chi connectivity index (χ0n) is 13.7. The molecule has 0 saturated heterocycles. The number of halogens is 3. The Morgan fingerprint density at radius 1 is 1.04 bits per heavy atom. The Morgan fingerprint density at radius 3 is 2.19 bits per heavy atom. The third-order valence-corrected chi connectivity index (χ3v) is 3.60. The number of alkyl halides is 3. The van der Waals surface area contributed by atoms with Crippen molar-refractivity contribution in [3.63, 3.8) is 0 Å². The molecule has 4 nitrogen and oxygen atoms in total. The van der Waals surface area contributed by atoms with Gasteiger partial charge in [0.15, 0.2) is 0 Å². The molecule has 0 bridgehead atoms. The molecule has 0 spiro atoms. The van der Waals surface area contributed by atoms with Gasteiger partial charge in [-0.2, -0.15) is 13.2 Å². The molecule has 0 heterocycles. The number of hydrogen-bond donors (Lipinski definition) is 2. The van der Waals surface area contributed by atoms with Gasteiger partial charge in [0.05, 0.1) is 5.56 Å². The van der Waals surface area contributed by atoms with Gasteiger partial charge in [-0.3, -0.25) is 9.59 Å². The predicted octanol–water partition coefficient (Wildman–Crippen LogP) is 3.39. The summed E-state index contributed by atoms with van der Waals surface area (Å²) in [7, 11) is 0. The van der Waals surface area contributed by atoms with E-state index in [-0.39, 0.29) is 12.0 Å². The first-order valence-electron chi connectivity index (χ1n) is 7.76. The lowest BCUT2D eigenvalue weighted by atomic mass is 10.1. The Bertz CT molecular complexity index is 785. The molecule has 0 unspecified atom stereocenters. The molecule has 26 heavy (non-hydrogen) atoms. The van der Waals surface area contributed by atoms with Gasteiger partial charge in [-0.1, -0.05) is 42.5 Å². The summed E-state index contributed by atoms with van der Waals surface area (Å²) in [5.74, 6) is -1.40. The first kappa shape index (κ1) is 19.2. The SMILES string of the molecule is NC(=O)[C@H](C/C=C/c1ccccc1)NC(=O)c1ccc(C(F)(F)F)cc1. The van der Waals surface area contributed by atoms with Gasteiger partial charge in [0.1, 0.15) is 6.04 Å². The van der Waals surface area contributed by atoms with Crippen molar-refractivity contribution in [2.45, 2.75) is 18.6 Å². The maximum Gasteiger partial charge on any atom is 0.416 e. The number of amides is 2. The van der Waals surface area contributed by atoms with Crippen LogP contribution in [0.2, 0.25) is 0 Å². The molecule has 7 heteroatoms. The highest BCUT2D eigenvalue weighted by molar-refractivity contribution is 5.97. The van der Waals surface area contributed by atoms with Gasteiger partial charge in [-0.15, -0.1) is 0 Å². The average Bonchev–Trinajstić information content (AvgIpc) is 2.61. The lowest BCUT2D eigenvalue weighted by molar-refractivity contribution is -0.137. The Balaban J connectivity index is 2.01. The van der Waals surface area contributed by atoms with E-state index in [2.05, 4.69) is 5.32 Å². The van der Waals surface area contributed by atoms with E-state index in [1.807, 2.05) is 30.3 Å². The minimum Gasteiger partial charge on any atom is -0.368 e. The van der Waals surface area contributed by atoms with E-state index < -0.39 is 29.6 Å². The van der Waals surface area contributed by atoms with Gasteiger partial charge >= 0.3 is 6.18 Å². The van der Waals surface area contributed by atoms with Crippen LogP contribution < -0.4 is 11.1 Å². The van der Waals surface area contributed by atoms with Gasteiger partial charge in [-0.25, -0.2) is 0 Å². The van der Waals surface area contributed by atoms with E-state index in [0.717, 1.165) is 29.8 Å². The van der Waals surface area contributed by atoms with E-state index in [4.69, 9.17) is 5.73 Å². The van der Waals surface area contributed by atoms with Crippen molar-refractivity contribution >= 4 is 17.9 Å². The molecule has 2 aromatic carbocycles. The first-order valence-corrected chi connectivity index (χ1v) is 7.76. The van der Waals surface area contributed by atoms with E-state index in [0.29, 0.717) is 0 Å². The van der Waals surface area contributed by atoms with Gasteiger partial charge < -0.3 is 11.1 Å². The summed E-state index contributed by atoms with van der Waals surface area (Å²) in [6.07, 6.45) is -0.846. The highest BCUT2D eigenvalue weighted by Gasteiger charge is 2.30. The molecule has 2 rings (SSSR count). The first-order chi connectivity index (χ1) is 12.3. The fraction of sp³-hybridized carbons (Fsp3) is 0.158. The minimum atomic E-state index is -4.48. The number of nitrogens with two attached hydrogens (primary N) is 1. The second kappa shape index (κ2) is 8.33. The molecular formula is C19H17F3N2O2. The maximum absolute atomic E-state index is 12.5. The summed E-state index contributed by atoms with van der Waals surface area (Å²) in [6.45, 7) is 0. The molecule has 2 aromatic rings. The fourth-order valence-electron chi connectivity index (χ4n) is 2.20. The molecule has 3 N–H and O–H groups in total. The van der Waals surface area contributed by atoms with Crippen molar-refractivity contribution in [3.05, 3.63) is 77.4 Å². The molecular weight excluding hydrogens is 345 g/mol. The topological polar surface area (TPSA) is 72.2 Å².